The lowest BCUT2D eigenvalue weighted by Gasteiger charge is -2.10. The van der Waals surface area contributed by atoms with Crippen molar-refractivity contribution in [2.24, 2.45) is 0 Å². The predicted molar refractivity (Wildman–Crippen MR) is 81.9 cm³/mol. The van der Waals surface area contributed by atoms with Gasteiger partial charge < -0.3 is 9.62 Å². The summed E-state index contributed by atoms with van der Waals surface area (Å²) in [6, 6.07) is 7.58. The molecular formula is C17H24O4. The van der Waals surface area contributed by atoms with E-state index in [4.69, 9.17) is 14.5 Å². The molecule has 0 radical (unpaired) electrons. The largest absolute Gasteiger partial charge is 0.462 e. The van der Waals surface area contributed by atoms with Crippen LogP contribution in [0.1, 0.15) is 55.5 Å². The van der Waals surface area contributed by atoms with Crippen LogP contribution in [0.25, 0.3) is 0 Å². The standard InChI is InChI=1S/C17H24O4/c1-5-14(4)15-7-9-16(10-8-15)17(18)19-11-6-12-20-21-13(2)3/h7-10,14H,2,5-6,11-12H2,1,3-4H3. The van der Waals surface area contributed by atoms with Crippen LogP contribution in [-0.2, 0) is 14.5 Å². The van der Waals surface area contributed by atoms with E-state index in [-0.39, 0.29) is 5.97 Å². The van der Waals surface area contributed by atoms with Gasteiger partial charge in [0.25, 0.3) is 0 Å². The van der Waals surface area contributed by atoms with Gasteiger partial charge in [0.2, 0.25) is 0 Å². The summed E-state index contributed by atoms with van der Waals surface area (Å²) < 4.78 is 5.16. The van der Waals surface area contributed by atoms with Gasteiger partial charge in [0.15, 0.2) is 0 Å². The Labute approximate surface area is 126 Å². The highest BCUT2D eigenvalue weighted by Gasteiger charge is 2.08. The van der Waals surface area contributed by atoms with Crippen molar-refractivity contribution >= 4 is 5.97 Å². The molecule has 4 nitrogen and oxygen atoms in total. The maximum Gasteiger partial charge on any atom is 0.338 e. The van der Waals surface area contributed by atoms with Crippen molar-refractivity contribution in [2.75, 3.05) is 13.2 Å². The number of ether oxygens (including phenoxy) is 1. The van der Waals surface area contributed by atoms with Gasteiger partial charge >= 0.3 is 5.97 Å². The van der Waals surface area contributed by atoms with Gasteiger partial charge in [-0.25, -0.2) is 4.79 Å². The van der Waals surface area contributed by atoms with Gasteiger partial charge in [0, 0.05) is 6.42 Å². The number of rotatable bonds is 9. The minimum atomic E-state index is -0.313. The summed E-state index contributed by atoms with van der Waals surface area (Å²) in [5.41, 5.74) is 1.81. The van der Waals surface area contributed by atoms with Crippen molar-refractivity contribution in [1.82, 2.24) is 0 Å². The summed E-state index contributed by atoms with van der Waals surface area (Å²) in [7, 11) is 0. The second-order valence-corrected chi connectivity index (χ2v) is 5.03. The Hall–Kier alpha value is -1.81. The second kappa shape index (κ2) is 9.19. The number of esters is 1. The van der Waals surface area contributed by atoms with Crippen molar-refractivity contribution < 1.29 is 19.3 Å². The lowest BCUT2D eigenvalue weighted by Crippen LogP contribution is -2.08. The van der Waals surface area contributed by atoms with E-state index in [9.17, 15) is 4.79 Å². The number of carbonyl (C=O) groups excluding carboxylic acids is 1. The van der Waals surface area contributed by atoms with Crippen LogP contribution in [-0.4, -0.2) is 19.2 Å². The number of hydrogen-bond acceptors (Lipinski definition) is 4. The summed E-state index contributed by atoms with van der Waals surface area (Å²) in [6.45, 7) is 10.2. The van der Waals surface area contributed by atoms with Crippen molar-refractivity contribution in [2.45, 2.75) is 39.5 Å². The Kier molecular flexibility index (Phi) is 7.54. The maximum absolute atomic E-state index is 11.8. The zero-order valence-corrected chi connectivity index (χ0v) is 13.1. The average molecular weight is 292 g/mol. The molecule has 1 aromatic rings. The zero-order valence-electron chi connectivity index (χ0n) is 13.1. The third kappa shape index (κ3) is 6.45. The number of allylic oxidation sites excluding steroid dienone is 1. The summed E-state index contributed by atoms with van der Waals surface area (Å²) >= 11 is 0. The molecule has 0 heterocycles. The zero-order chi connectivity index (χ0) is 15.7. The first-order valence-corrected chi connectivity index (χ1v) is 7.26. The maximum atomic E-state index is 11.8. The van der Waals surface area contributed by atoms with Crippen molar-refractivity contribution in [1.29, 1.82) is 0 Å². The number of carbonyl (C=O) groups is 1. The fourth-order valence-corrected chi connectivity index (χ4v) is 1.69. The van der Waals surface area contributed by atoms with Gasteiger partial charge in [-0.15, -0.1) is 0 Å². The van der Waals surface area contributed by atoms with Crippen LogP contribution in [0.15, 0.2) is 36.6 Å². The van der Waals surface area contributed by atoms with Crippen LogP contribution >= 0.6 is 0 Å². The van der Waals surface area contributed by atoms with E-state index >= 15 is 0 Å². The third-order valence-electron chi connectivity index (χ3n) is 3.13. The first-order valence-electron chi connectivity index (χ1n) is 7.26. The molecule has 0 bridgehead atoms. The lowest BCUT2D eigenvalue weighted by atomic mass is 9.98. The van der Waals surface area contributed by atoms with Gasteiger partial charge in [-0.05, 0) is 37.0 Å². The monoisotopic (exact) mass is 292 g/mol. The van der Waals surface area contributed by atoms with Crippen LogP contribution in [0.4, 0.5) is 0 Å². The van der Waals surface area contributed by atoms with Gasteiger partial charge in [-0.3, -0.25) is 0 Å². The predicted octanol–water partition coefficient (Wildman–Crippen LogP) is 4.23. The Bertz CT molecular complexity index is 450. The van der Waals surface area contributed by atoms with E-state index in [1.165, 1.54) is 5.56 Å². The van der Waals surface area contributed by atoms with Gasteiger partial charge in [0.1, 0.15) is 5.76 Å². The van der Waals surface area contributed by atoms with E-state index in [1.54, 1.807) is 6.92 Å². The van der Waals surface area contributed by atoms with Crippen molar-refractivity contribution in [3.63, 3.8) is 0 Å². The van der Waals surface area contributed by atoms with Crippen LogP contribution in [0.5, 0.6) is 0 Å². The molecule has 1 aromatic carbocycles. The first kappa shape index (κ1) is 17.2. The molecule has 1 rings (SSSR count). The fraction of sp³-hybridized carbons (Fsp3) is 0.471. The second-order valence-electron chi connectivity index (χ2n) is 5.03. The molecule has 21 heavy (non-hydrogen) atoms. The highest BCUT2D eigenvalue weighted by molar-refractivity contribution is 5.89. The molecule has 116 valence electrons. The third-order valence-corrected chi connectivity index (χ3v) is 3.13. The summed E-state index contributed by atoms with van der Waals surface area (Å²) in [4.78, 5) is 21.4. The molecule has 0 saturated carbocycles. The Morgan fingerprint density at radius 1 is 1.24 bits per heavy atom. The molecule has 0 N–H and O–H groups in total. The average Bonchev–Trinajstić information content (AvgIpc) is 2.49. The molecule has 0 fully saturated rings. The first-order chi connectivity index (χ1) is 10.0. The van der Waals surface area contributed by atoms with Crippen LogP contribution < -0.4 is 0 Å². The molecule has 0 aliphatic heterocycles. The van der Waals surface area contributed by atoms with Crippen LogP contribution in [0.3, 0.4) is 0 Å². The van der Waals surface area contributed by atoms with Gasteiger partial charge in [-0.2, -0.15) is 4.89 Å². The van der Waals surface area contributed by atoms with Crippen molar-refractivity contribution in [3.8, 4) is 0 Å². The number of hydrogen-bond donors (Lipinski definition) is 0. The van der Waals surface area contributed by atoms with E-state index < -0.39 is 0 Å². The summed E-state index contributed by atoms with van der Waals surface area (Å²) in [5.74, 6) is 0.681. The van der Waals surface area contributed by atoms with E-state index in [2.05, 4.69) is 20.4 Å². The Morgan fingerprint density at radius 2 is 1.90 bits per heavy atom. The van der Waals surface area contributed by atoms with E-state index in [0.717, 1.165) is 6.42 Å². The SMILES string of the molecule is C=C(C)OOCCCOC(=O)c1ccc(C(C)CC)cc1. The molecule has 1 atom stereocenters. The topological polar surface area (TPSA) is 44.8 Å². The highest BCUT2D eigenvalue weighted by atomic mass is 17.2. The molecule has 1 unspecified atom stereocenters. The fourth-order valence-electron chi connectivity index (χ4n) is 1.69. The molecule has 0 aliphatic carbocycles. The molecule has 0 aromatic heterocycles. The van der Waals surface area contributed by atoms with E-state index in [0.29, 0.717) is 36.9 Å². The molecular weight excluding hydrogens is 268 g/mol. The normalized spacial score (nSPS) is 11.8. The van der Waals surface area contributed by atoms with Crippen LogP contribution in [0.2, 0.25) is 0 Å². The highest BCUT2D eigenvalue weighted by Crippen LogP contribution is 2.19. The van der Waals surface area contributed by atoms with Gasteiger partial charge in [0.05, 0.1) is 18.8 Å². The summed E-state index contributed by atoms with van der Waals surface area (Å²) in [5, 5.41) is 0. The molecule has 0 saturated heterocycles. The molecule has 0 amide bonds. The Balaban J connectivity index is 2.30. The van der Waals surface area contributed by atoms with Crippen molar-refractivity contribution in [3.05, 3.63) is 47.7 Å². The molecule has 4 heteroatoms. The minimum absolute atomic E-state index is 0.297. The van der Waals surface area contributed by atoms with Gasteiger partial charge in [-0.1, -0.05) is 32.6 Å². The summed E-state index contributed by atoms with van der Waals surface area (Å²) in [6.07, 6.45) is 1.65. The lowest BCUT2D eigenvalue weighted by molar-refractivity contribution is -0.262. The smallest absolute Gasteiger partial charge is 0.338 e. The molecule has 0 aliphatic rings. The molecule has 0 spiro atoms. The van der Waals surface area contributed by atoms with E-state index in [1.807, 2.05) is 24.3 Å². The van der Waals surface area contributed by atoms with Crippen LogP contribution in [0, 0.1) is 0 Å². The quantitative estimate of drug-likeness (QED) is 0.225. The Morgan fingerprint density at radius 3 is 2.48 bits per heavy atom. The minimum Gasteiger partial charge on any atom is -0.462 e. The number of benzene rings is 1.